The SMILES string of the molecule is c1ccc(OCc2noc(-c3ccc(NCc4cccnc4)nc3)n2)cc1. The minimum atomic E-state index is 0.242. The van der Waals surface area contributed by atoms with Crippen molar-refractivity contribution in [2.45, 2.75) is 13.2 Å². The van der Waals surface area contributed by atoms with Crippen LogP contribution in [-0.4, -0.2) is 20.1 Å². The van der Waals surface area contributed by atoms with Crippen LogP contribution in [0.1, 0.15) is 11.4 Å². The Labute approximate surface area is 156 Å². The highest BCUT2D eigenvalue weighted by Gasteiger charge is 2.10. The van der Waals surface area contributed by atoms with E-state index in [1.807, 2.05) is 60.8 Å². The molecule has 3 heterocycles. The standard InChI is InChI=1S/C20H17N5O2/c1-2-6-17(7-3-1)26-14-19-24-20(27-25-19)16-8-9-18(23-13-16)22-12-15-5-4-10-21-11-15/h1-11,13H,12,14H2,(H,22,23). The Morgan fingerprint density at radius 3 is 2.67 bits per heavy atom. The number of aromatic nitrogens is 4. The maximum atomic E-state index is 5.62. The summed E-state index contributed by atoms with van der Waals surface area (Å²) in [4.78, 5) is 12.8. The lowest BCUT2D eigenvalue weighted by molar-refractivity contribution is 0.287. The van der Waals surface area contributed by atoms with Crippen LogP contribution in [0.4, 0.5) is 5.82 Å². The largest absolute Gasteiger partial charge is 0.485 e. The maximum absolute atomic E-state index is 5.62. The van der Waals surface area contributed by atoms with Gasteiger partial charge in [0.1, 0.15) is 11.6 Å². The van der Waals surface area contributed by atoms with Crippen molar-refractivity contribution in [1.82, 2.24) is 20.1 Å². The Morgan fingerprint density at radius 2 is 1.89 bits per heavy atom. The van der Waals surface area contributed by atoms with Crippen LogP contribution in [0.5, 0.6) is 5.75 Å². The van der Waals surface area contributed by atoms with Crippen LogP contribution < -0.4 is 10.1 Å². The van der Waals surface area contributed by atoms with E-state index in [9.17, 15) is 0 Å². The lowest BCUT2D eigenvalue weighted by atomic mass is 10.2. The quantitative estimate of drug-likeness (QED) is 0.538. The van der Waals surface area contributed by atoms with Crippen molar-refractivity contribution in [3.05, 3.63) is 84.6 Å². The molecule has 0 spiro atoms. The number of nitrogens with one attached hydrogen (secondary N) is 1. The predicted octanol–water partition coefficient (Wildman–Crippen LogP) is 3.72. The molecule has 7 nitrogen and oxygen atoms in total. The van der Waals surface area contributed by atoms with Crippen molar-refractivity contribution < 1.29 is 9.26 Å². The molecule has 0 unspecified atom stereocenters. The second-order valence-electron chi connectivity index (χ2n) is 5.76. The van der Waals surface area contributed by atoms with Crippen LogP contribution in [0.25, 0.3) is 11.5 Å². The fourth-order valence-electron chi connectivity index (χ4n) is 2.41. The summed E-state index contributed by atoms with van der Waals surface area (Å²) in [7, 11) is 0. The Kier molecular flexibility index (Phi) is 5.01. The molecule has 1 N–H and O–H groups in total. The van der Waals surface area contributed by atoms with Gasteiger partial charge in [-0.25, -0.2) is 4.98 Å². The Morgan fingerprint density at radius 1 is 0.963 bits per heavy atom. The zero-order valence-corrected chi connectivity index (χ0v) is 14.4. The van der Waals surface area contributed by atoms with Gasteiger partial charge in [-0.2, -0.15) is 4.98 Å². The molecular weight excluding hydrogens is 342 g/mol. The number of rotatable bonds is 7. The number of hydrogen-bond donors (Lipinski definition) is 1. The Bertz CT molecular complexity index is 972. The van der Waals surface area contributed by atoms with Gasteiger partial charge in [0.05, 0.1) is 5.56 Å². The summed E-state index contributed by atoms with van der Waals surface area (Å²) >= 11 is 0. The van der Waals surface area contributed by atoms with Gasteiger partial charge >= 0.3 is 0 Å². The van der Waals surface area contributed by atoms with Gasteiger partial charge in [0.2, 0.25) is 5.82 Å². The maximum Gasteiger partial charge on any atom is 0.259 e. The molecule has 4 aromatic rings. The van der Waals surface area contributed by atoms with Gasteiger partial charge in [0.25, 0.3) is 5.89 Å². The minimum Gasteiger partial charge on any atom is -0.485 e. The van der Waals surface area contributed by atoms with Crippen molar-refractivity contribution in [3.8, 4) is 17.2 Å². The zero-order chi connectivity index (χ0) is 18.3. The molecule has 27 heavy (non-hydrogen) atoms. The average Bonchev–Trinajstić information content (AvgIpc) is 3.22. The fraction of sp³-hybridized carbons (Fsp3) is 0.100. The number of anilines is 1. The van der Waals surface area contributed by atoms with E-state index in [2.05, 4.69) is 25.4 Å². The summed E-state index contributed by atoms with van der Waals surface area (Å²) in [5.74, 6) is 2.41. The Hall–Kier alpha value is -3.74. The third-order valence-electron chi connectivity index (χ3n) is 3.79. The smallest absolute Gasteiger partial charge is 0.259 e. The monoisotopic (exact) mass is 359 g/mol. The average molecular weight is 359 g/mol. The van der Waals surface area contributed by atoms with E-state index in [1.54, 1.807) is 12.4 Å². The highest BCUT2D eigenvalue weighted by atomic mass is 16.5. The van der Waals surface area contributed by atoms with Gasteiger partial charge < -0.3 is 14.6 Å². The zero-order valence-electron chi connectivity index (χ0n) is 14.4. The summed E-state index contributed by atoms with van der Waals surface area (Å²) in [6, 6.07) is 17.2. The van der Waals surface area contributed by atoms with E-state index in [1.165, 1.54) is 0 Å². The molecule has 4 rings (SSSR count). The van der Waals surface area contributed by atoms with Crippen LogP contribution in [-0.2, 0) is 13.2 Å². The van der Waals surface area contributed by atoms with Crippen LogP contribution in [0.2, 0.25) is 0 Å². The molecule has 0 aliphatic heterocycles. The minimum absolute atomic E-state index is 0.242. The number of ether oxygens (including phenoxy) is 1. The fourth-order valence-corrected chi connectivity index (χ4v) is 2.41. The molecule has 3 aromatic heterocycles. The van der Waals surface area contributed by atoms with E-state index >= 15 is 0 Å². The van der Waals surface area contributed by atoms with Crippen molar-refractivity contribution in [2.24, 2.45) is 0 Å². The molecule has 7 heteroatoms. The molecule has 0 saturated heterocycles. The van der Waals surface area contributed by atoms with Crippen molar-refractivity contribution in [1.29, 1.82) is 0 Å². The topological polar surface area (TPSA) is 86.0 Å². The summed E-state index contributed by atoms with van der Waals surface area (Å²) < 4.78 is 10.9. The number of hydrogen-bond acceptors (Lipinski definition) is 7. The molecule has 0 aliphatic carbocycles. The molecule has 0 atom stereocenters. The lowest BCUT2D eigenvalue weighted by Gasteiger charge is -2.05. The van der Waals surface area contributed by atoms with Gasteiger partial charge in [-0.15, -0.1) is 0 Å². The third kappa shape index (κ3) is 4.46. The number of pyridine rings is 2. The molecule has 0 aliphatic rings. The van der Waals surface area contributed by atoms with Gasteiger partial charge in [-0.3, -0.25) is 4.98 Å². The number of benzene rings is 1. The van der Waals surface area contributed by atoms with Gasteiger partial charge in [0, 0.05) is 25.1 Å². The van der Waals surface area contributed by atoms with Gasteiger partial charge in [0.15, 0.2) is 6.61 Å². The summed E-state index contributed by atoms with van der Waals surface area (Å²) in [5.41, 5.74) is 1.84. The molecule has 0 fully saturated rings. The van der Waals surface area contributed by atoms with Crippen LogP contribution in [0, 0.1) is 0 Å². The van der Waals surface area contributed by atoms with Crippen molar-refractivity contribution in [3.63, 3.8) is 0 Å². The predicted molar refractivity (Wildman–Crippen MR) is 99.9 cm³/mol. The molecule has 0 radical (unpaired) electrons. The number of nitrogens with zero attached hydrogens (tertiary/aromatic N) is 4. The highest BCUT2D eigenvalue weighted by molar-refractivity contribution is 5.54. The van der Waals surface area contributed by atoms with Crippen LogP contribution >= 0.6 is 0 Å². The lowest BCUT2D eigenvalue weighted by Crippen LogP contribution is -2.01. The first-order chi connectivity index (χ1) is 13.4. The molecular formula is C20H17N5O2. The molecule has 134 valence electrons. The third-order valence-corrected chi connectivity index (χ3v) is 3.79. The van der Waals surface area contributed by atoms with E-state index < -0.39 is 0 Å². The second kappa shape index (κ2) is 8.09. The second-order valence-corrected chi connectivity index (χ2v) is 5.76. The molecule has 0 saturated carbocycles. The first-order valence-electron chi connectivity index (χ1n) is 8.46. The van der Waals surface area contributed by atoms with Gasteiger partial charge in [-0.05, 0) is 35.9 Å². The van der Waals surface area contributed by atoms with Gasteiger partial charge in [-0.1, -0.05) is 29.4 Å². The molecule has 0 bridgehead atoms. The van der Waals surface area contributed by atoms with E-state index in [4.69, 9.17) is 9.26 Å². The highest BCUT2D eigenvalue weighted by Crippen LogP contribution is 2.19. The summed E-state index contributed by atoms with van der Waals surface area (Å²) in [6.45, 7) is 0.896. The van der Waals surface area contributed by atoms with E-state index in [-0.39, 0.29) is 6.61 Å². The van der Waals surface area contributed by atoms with Crippen molar-refractivity contribution in [2.75, 3.05) is 5.32 Å². The first kappa shape index (κ1) is 16.7. The Balaban J connectivity index is 1.35. The van der Waals surface area contributed by atoms with E-state index in [0.29, 0.717) is 18.3 Å². The van der Waals surface area contributed by atoms with Crippen LogP contribution in [0.15, 0.2) is 77.7 Å². The summed E-state index contributed by atoms with van der Waals surface area (Å²) in [5, 5.41) is 7.19. The molecule has 1 aromatic carbocycles. The number of para-hydroxylation sites is 1. The van der Waals surface area contributed by atoms with E-state index in [0.717, 1.165) is 22.7 Å². The normalized spacial score (nSPS) is 10.5. The summed E-state index contributed by atoms with van der Waals surface area (Å²) in [6.07, 6.45) is 5.26. The first-order valence-corrected chi connectivity index (χ1v) is 8.46. The van der Waals surface area contributed by atoms with Crippen LogP contribution in [0.3, 0.4) is 0 Å². The van der Waals surface area contributed by atoms with Crippen molar-refractivity contribution >= 4 is 5.82 Å². The molecule has 0 amide bonds.